The summed E-state index contributed by atoms with van der Waals surface area (Å²) in [6, 6.07) is 12.3. The van der Waals surface area contributed by atoms with Crippen LogP contribution in [-0.4, -0.2) is 39.9 Å². The summed E-state index contributed by atoms with van der Waals surface area (Å²) in [5.41, 5.74) is 7.08. The Morgan fingerprint density at radius 2 is 1.45 bits per heavy atom. The molecule has 0 aliphatic heterocycles. The van der Waals surface area contributed by atoms with Gasteiger partial charge in [0.1, 0.15) is 23.3 Å². The fraction of sp³-hybridized carbons (Fsp3) is 0.120. The number of aromatic amines is 4. The van der Waals surface area contributed by atoms with Crippen molar-refractivity contribution in [1.29, 1.82) is 0 Å². The molecule has 0 radical (unpaired) electrons. The maximum Gasteiger partial charge on any atom is 0.137 e. The lowest BCUT2D eigenvalue weighted by Gasteiger charge is -1.96. The van der Waals surface area contributed by atoms with Gasteiger partial charge in [-0.1, -0.05) is 6.08 Å². The Bertz CT molecular complexity index is 1570. The summed E-state index contributed by atoms with van der Waals surface area (Å²) in [5, 5.41) is 0. The summed E-state index contributed by atoms with van der Waals surface area (Å²) in [4.78, 5) is 31.3. The van der Waals surface area contributed by atoms with Crippen molar-refractivity contribution in [3.05, 3.63) is 78.9 Å². The van der Waals surface area contributed by atoms with E-state index >= 15 is 0 Å². The highest BCUT2D eigenvalue weighted by Crippen LogP contribution is 2.24. The average Bonchev–Trinajstić information content (AvgIpc) is 3.63. The van der Waals surface area contributed by atoms with Crippen molar-refractivity contribution in [3.8, 4) is 22.8 Å². The zero-order valence-corrected chi connectivity index (χ0v) is 18.1. The van der Waals surface area contributed by atoms with E-state index in [4.69, 9.17) is 9.97 Å². The molecule has 0 spiro atoms. The van der Waals surface area contributed by atoms with Gasteiger partial charge in [-0.15, -0.1) is 0 Å². The summed E-state index contributed by atoms with van der Waals surface area (Å²) in [6.45, 7) is 2.08. The van der Waals surface area contributed by atoms with Gasteiger partial charge < -0.3 is 19.9 Å². The predicted octanol–water partition coefficient (Wildman–Crippen LogP) is 5.26. The van der Waals surface area contributed by atoms with E-state index in [1.54, 1.807) is 12.4 Å². The molecule has 2 aromatic carbocycles. The molecular weight excluding hydrogens is 412 g/mol. The van der Waals surface area contributed by atoms with Crippen LogP contribution in [0.5, 0.6) is 0 Å². The van der Waals surface area contributed by atoms with Gasteiger partial charge >= 0.3 is 0 Å². The first-order valence-corrected chi connectivity index (χ1v) is 10.9. The molecule has 4 aromatic heterocycles. The monoisotopic (exact) mass is 434 g/mol. The van der Waals surface area contributed by atoms with Gasteiger partial charge in [0.2, 0.25) is 0 Å². The first-order chi connectivity index (χ1) is 16.2. The van der Waals surface area contributed by atoms with E-state index < -0.39 is 0 Å². The second-order valence-electron chi connectivity index (χ2n) is 8.03. The quantitative estimate of drug-likeness (QED) is 0.286. The lowest BCUT2D eigenvalue weighted by atomic mass is 10.2. The Hall–Kier alpha value is -4.46. The molecule has 0 amide bonds. The van der Waals surface area contributed by atoms with E-state index in [1.165, 1.54) is 0 Å². The SMILES string of the molecule is CC(=CCCc1nc2cc(-c3ncc[nH]3)ccc2[nH]1)c1nc2cc(-c3ncc[nH]3)ccc2[nH]1. The highest BCUT2D eigenvalue weighted by atomic mass is 14.9. The molecule has 6 rings (SSSR count). The number of aryl methyl sites for hydroxylation is 1. The van der Waals surface area contributed by atoms with Crippen molar-refractivity contribution in [2.45, 2.75) is 19.8 Å². The Balaban J connectivity index is 1.17. The number of nitrogens with one attached hydrogen (secondary N) is 4. The number of H-pyrrole nitrogens is 4. The topological polar surface area (TPSA) is 115 Å². The molecule has 0 unspecified atom stereocenters. The number of nitrogens with zero attached hydrogens (tertiary/aromatic N) is 4. The van der Waals surface area contributed by atoms with Crippen LogP contribution in [0.15, 0.2) is 67.3 Å². The Morgan fingerprint density at radius 1 is 0.818 bits per heavy atom. The lowest BCUT2D eigenvalue weighted by Crippen LogP contribution is -1.88. The van der Waals surface area contributed by atoms with Gasteiger partial charge in [0.05, 0.1) is 22.1 Å². The Labute approximate surface area is 189 Å². The minimum atomic E-state index is 0.824. The van der Waals surface area contributed by atoms with Gasteiger partial charge in [0.15, 0.2) is 0 Å². The van der Waals surface area contributed by atoms with Crippen molar-refractivity contribution in [1.82, 2.24) is 39.9 Å². The molecule has 6 aromatic rings. The molecule has 162 valence electrons. The normalized spacial score (nSPS) is 12.2. The van der Waals surface area contributed by atoms with Crippen molar-refractivity contribution in [2.75, 3.05) is 0 Å². The summed E-state index contributed by atoms with van der Waals surface area (Å²) in [5.74, 6) is 3.55. The summed E-state index contributed by atoms with van der Waals surface area (Å²) < 4.78 is 0. The molecule has 0 aliphatic rings. The van der Waals surface area contributed by atoms with Crippen LogP contribution in [0.1, 0.15) is 25.0 Å². The van der Waals surface area contributed by atoms with Crippen LogP contribution >= 0.6 is 0 Å². The number of hydrogen-bond acceptors (Lipinski definition) is 4. The highest BCUT2D eigenvalue weighted by molar-refractivity contribution is 5.83. The van der Waals surface area contributed by atoms with Gasteiger partial charge in [-0.05, 0) is 55.3 Å². The van der Waals surface area contributed by atoms with E-state index in [9.17, 15) is 0 Å². The van der Waals surface area contributed by atoms with E-state index in [1.807, 2.05) is 36.7 Å². The van der Waals surface area contributed by atoms with Crippen molar-refractivity contribution in [3.63, 3.8) is 0 Å². The number of imidazole rings is 4. The second kappa shape index (κ2) is 7.90. The smallest absolute Gasteiger partial charge is 0.137 e. The molecule has 0 bridgehead atoms. The van der Waals surface area contributed by atoms with Crippen LogP contribution in [0.2, 0.25) is 0 Å². The number of benzene rings is 2. The standard InChI is InChI=1S/C25H22N8/c1-15(23-32-19-8-6-17(14-21(19)33-23)25-28-11-12-29-25)3-2-4-22-30-18-7-5-16(13-20(18)31-22)24-26-9-10-27-24/h3,5-14H,2,4H2,1H3,(H,26,27)(H,28,29)(H,30,31)(H,32,33). The highest BCUT2D eigenvalue weighted by Gasteiger charge is 2.09. The van der Waals surface area contributed by atoms with Crippen LogP contribution in [0.25, 0.3) is 50.4 Å². The third kappa shape index (κ3) is 3.71. The van der Waals surface area contributed by atoms with Gasteiger partial charge in [0.25, 0.3) is 0 Å². The van der Waals surface area contributed by atoms with Crippen LogP contribution in [-0.2, 0) is 6.42 Å². The third-order valence-electron chi connectivity index (χ3n) is 5.76. The third-order valence-corrected chi connectivity index (χ3v) is 5.76. The van der Waals surface area contributed by atoms with Crippen LogP contribution < -0.4 is 0 Å². The molecule has 4 N–H and O–H groups in total. The molecular formula is C25H22N8. The molecule has 0 atom stereocenters. The number of fused-ring (bicyclic) bond motifs is 2. The predicted molar refractivity (Wildman–Crippen MR) is 129 cm³/mol. The van der Waals surface area contributed by atoms with E-state index in [0.717, 1.165) is 74.9 Å². The van der Waals surface area contributed by atoms with Crippen molar-refractivity contribution in [2.24, 2.45) is 0 Å². The van der Waals surface area contributed by atoms with Crippen LogP contribution in [0.3, 0.4) is 0 Å². The van der Waals surface area contributed by atoms with Crippen molar-refractivity contribution < 1.29 is 0 Å². The number of allylic oxidation sites excluding steroid dienone is 2. The van der Waals surface area contributed by atoms with Gasteiger partial charge in [-0.3, -0.25) is 0 Å². The molecule has 0 saturated heterocycles. The molecule has 8 heteroatoms. The minimum Gasteiger partial charge on any atom is -0.345 e. The molecule has 0 saturated carbocycles. The minimum absolute atomic E-state index is 0.824. The maximum absolute atomic E-state index is 4.78. The Kier molecular flexibility index (Phi) is 4.61. The van der Waals surface area contributed by atoms with Gasteiger partial charge in [-0.25, -0.2) is 19.9 Å². The largest absolute Gasteiger partial charge is 0.345 e. The number of aromatic nitrogens is 8. The van der Waals surface area contributed by atoms with E-state index in [-0.39, 0.29) is 0 Å². The second-order valence-corrected chi connectivity index (χ2v) is 8.03. The molecule has 0 fully saturated rings. The number of hydrogen-bond donors (Lipinski definition) is 4. The fourth-order valence-corrected chi connectivity index (χ4v) is 4.03. The van der Waals surface area contributed by atoms with Crippen LogP contribution in [0.4, 0.5) is 0 Å². The molecule has 8 nitrogen and oxygen atoms in total. The first kappa shape index (κ1) is 19.2. The van der Waals surface area contributed by atoms with E-state index in [2.05, 4.69) is 55.0 Å². The summed E-state index contributed by atoms with van der Waals surface area (Å²) in [7, 11) is 0. The summed E-state index contributed by atoms with van der Waals surface area (Å²) >= 11 is 0. The molecule has 33 heavy (non-hydrogen) atoms. The average molecular weight is 435 g/mol. The number of rotatable bonds is 6. The Morgan fingerprint density at radius 3 is 2.09 bits per heavy atom. The van der Waals surface area contributed by atoms with E-state index in [0.29, 0.717) is 0 Å². The van der Waals surface area contributed by atoms with Crippen LogP contribution in [0, 0.1) is 0 Å². The molecule has 0 aliphatic carbocycles. The zero-order valence-electron chi connectivity index (χ0n) is 18.1. The maximum atomic E-state index is 4.78. The van der Waals surface area contributed by atoms with Crippen molar-refractivity contribution >= 4 is 27.6 Å². The zero-order chi connectivity index (χ0) is 22.2. The summed E-state index contributed by atoms with van der Waals surface area (Å²) in [6.07, 6.45) is 11.0. The molecule has 4 heterocycles. The first-order valence-electron chi connectivity index (χ1n) is 10.9. The van der Waals surface area contributed by atoms with Gasteiger partial charge in [0, 0.05) is 42.3 Å². The van der Waals surface area contributed by atoms with Gasteiger partial charge in [-0.2, -0.15) is 0 Å². The fourth-order valence-electron chi connectivity index (χ4n) is 4.03. The lowest BCUT2D eigenvalue weighted by molar-refractivity contribution is 0.916.